The molecule has 1 aromatic heterocycles. The third-order valence-corrected chi connectivity index (χ3v) is 4.12. The predicted octanol–water partition coefficient (Wildman–Crippen LogP) is 2.14. The van der Waals surface area contributed by atoms with Gasteiger partial charge in [0.15, 0.2) is 5.82 Å². The summed E-state index contributed by atoms with van der Waals surface area (Å²) in [4.78, 5) is 6.50. The van der Waals surface area contributed by atoms with Crippen LogP contribution in [0.3, 0.4) is 0 Å². The summed E-state index contributed by atoms with van der Waals surface area (Å²) in [6.07, 6.45) is 1.43. The zero-order chi connectivity index (χ0) is 16.9. The van der Waals surface area contributed by atoms with E-state index in [2.05, 4.69) is 15.0 Å². The predicted molar refractivity (Wildman–Crippen MR) is 85.4 cm³/mol. The first-order chi connectivity index (χ1) is 11.6. The van der Waals surface area contributed by atoms with E-state index in [0.29, 0.717) is 24.0 Å². The molecule has 1 N–H and O–H groups in total. The first-order valence-corrected chi connectivity index (χ1v) is 8.19. The maximum absolute atomic E-state index is 12.8. The lowest BCUT2D eigenvalue weighted by molar-refractivity contribution is 0.0561. The van der Waals surface area contributed by atoms with Crippen molar-refractivity contribution in [1.29, 1.82) is 0 Å². The van der Waals surface area contributed by atoms with E-state index in [-0.39, 0.29) is 18.3 Å². The van der Waals surface area contributed by atoms with Gasteiger partial charge in [-0.15, -0.1) is 0 Å². The van der Waals surface area contributed by atoms with Crippen molar-refractivity contribution in [3.05, 3.63) is 41.8 Å². The Morgan fingerprint density at radius 2 is 2.21 bits per heavy atom. The molecule has 0 unspecified atom stereocenters. The molecule has 0 radical (unpaired) electrons. The van der Waals surface area contributed by atoms with Crippen molar-refractivity contribution in [3.63, 3.8) is 0 Å². The standard InChI is InChI=1S/C17H22FN3O3/c1-12-19-17(24-20-12)13-3-2-8-21(9-13)10-15(22)11-23-16-6-4-14(18)5-7-16/h4-7,13,15,22H,2-3,8-11H2,1H3/t13-,15-/m0/s1. The molecule has 1 fully saturated rings. The number of benzene rings is 1. The number of nitrogens with zero attached hydrogens (tertiary/aromatic N) is 3. The number of halogens is 1. The maximum atomic E-state index is 12.8. The first-order valence-electron chi connectivity index (χ1n) is 8.19. The van der Waals surface area contributed by atoms with Crippen LogP contribution in [0.5, 0.6) is 5.75 Å². The van der Waals surface area contributed by atoms with Crippen LogP contribution in [0.15, 0.2) is 28.8 Å². The highest BCUT2D eigenvalue weighted by Gasteiger charge is 2.26. The minimum Gasteiger partial charge on any atom is -0.491 e. The van der Waals surface area contributed by atoms with Gasteiger partial charge in [-0.3, -0.25) is 4.90 Å². The van der Waals surface area contributed by atoms with Gasteiger partial charge in [0.1, 0.15) is 24.3 Å². The van der Waals surface area contributed by atoms with Crippen molar-refractivity contribution in [2.24, 2.45) is 0 Å². The lowest BCUT2D eigenvalue weighted by Crippen LogP contribution is -2.41. The largest absolute Gasteiger partial charge is 0.491 e. The van der Waals surface area contributed by atoms with Gasteiger partial charge >= 0.3 is 0 Å². The Balaban J connectivity index is 1.47. The Morgan fingerprint density at radius 3 is 2.92 bits per heavy atom. The highest BCUT2D eigenvalue weighted by atomic mass is 19.1. The normalized spacial score (nSPS) is 20.0. The Morgan fingerprint density at radius 1 is 1.42 bits per heavy atom. The molecule has 1 aliphatic heterocycles. The van der Waals surface area contributed by atoms with Crippen molar-refractivity contribution in [2.75, 3.05) is 26.2 Å². The number of aromatic nitrogens is 2. The average Bonchev–Trinajstić information content (AvgIpc) is 3.01. The van der Waals surface area contributed by atoms with Crippen molar-refractivity contribution in [3.8, 4) is 5.75 Å². The van der Waals surface area contributed by atoms with Gasteiger partial charge in [0.25, 0.3) is 0 Å². The fourth-order valence-electron chi connectivity index (χ4n) is 2.98. The third-order valence-electron chi connectivity index (χ3n) is 4.12. The van der Waals surface area contributed by atoms with Gasteiger partial charge in [0.2, 0.25) is 5.89 Å². The number of piperidine rings is 1. The molecule has 1 aromatic carbocycles. The van der Waals surface area contributed by atoms with Crippen LogP contribution in [-0.4, -0.2) is 52.5 Å². The summed E-state index contributed by atoms with van der Waals surface area (Å²) in [5.41, 5.74) is 0. The molecule has 0 amide bonds. The van der Waals surface area contributed by atoms with Gasteiger partial charge in [-0.05, 0) is 50.6 Å². The zero-order valence-electron chi connectivity index (χ0n) is 13.7. The van der Waals surface area contributed by atoms with Crippen LogP contribution in [0.4, 0.5) is 4.39 Å². The van der Waals surface area contributed by atoms with Crippen LogP contribution in [0.25, 0.3) is 0 Å². The molecule has 2 aromatic rings. The molecule has 24 heavy (non-hydrogen) atoms. The van der Waals surface area contributed by atoms with Crippen LogP contribution >= 0.6 is 0 Å². The summed E-state index contributed by atoms with van der Waals surface area (Å²) in [6, 6.07) is 5.78. The number of β-amino-alcohol motifs (C(OH)–C–C–N with tert-alkyl or cyclic N) is 1. The number of ether oxygens (including phenoxy) is 1. The van der Waals surface area contributed by atoms with Crippen molar-refractivity contribution in [1.82, 2.24) is 15.0 Å². The number of aliphatic hydroxyl groups excluding tert-OH is 1. The van der Waals surface area contributed by atoms with Crippen LogP contribution in [0, 0.1) is 12.7 Å². The minimum atomic E-state index is -0.613. The van der Waals surface area contributed by atoms with E-state index < -0.39 is 6.10 Å². The lowest BCUT2D eigenvalue weighted by Gasteiger charge is -2.32. The summed E-state index contributed by atoms with van der Waals surface area (Å²) in [7, 11) is 0. The highest BCUT2D eigenvalue weighted by molar-refractivity contribution is 5.22. The monoisotopic (exact) mass is 335 g/mol. The second-order valence-electron chi connectivity index (χ2n) is 6.20. The molecule has 0 aliphatic carbocycles. The van der Waals surface area contributed by atoms with Crippen LogP contribution in [0.1, 0.15) is 30.5 Å². The van der Waals surface area contributed by atoms with E-state index in [9.17, 15) is 9.50 Å². The molecule has 3 rings (SSSR count). The maximum Gasteiger partial charge on any atom is 0.231 e. The van der Waals surface area contributed by atoms with Crippen LogP contribution in [-0.2, 0) is 0 Å². The molecule has 0 bridgehead atoms. The smallest absolute Gasteiger partial charge is 0.231 e. The van der Waals surface area contributed by atoms with Crippen molar-refractivity contribution < 1.29 is 18.8 Å². The zero-order valence-corrected chi connectivity index (χ0v) is 13.7. The summed E-state index contributed by atoms with van der Waals surface area (Å²) in [6.45, 7) is 4.22. The number of aliphatic hydroxyl groups is 1. The molecule has 1 aliphatic rings. The van der Waals surface area contributed by atoms with Gasteiger partial charge in [-0.1, -0.05) is 5.16 Å². The summed E-state index contributed by atoms with van der Waals surface area (Å²) in [5, 5.41) is 14.0. The van der Waals surface area contributed by atoms with Gasteiger partial charge in [0, 0.05) is 13.1 Å². The van der Waals surface area contributed by atoms with E-state index in [1.807, 2.05) is 6.92 Å². The second kappa shape index (κ2) is 7.72. The molecule has 6 nitrogen and oxygen atoms in total. The van der Waals surface area contributed by atoms with Crippen molar-refractivity contribution >= 4 is 0 Å². The van der Waals surface area contributed by atoms with E-state index >= 15 is 0 Å². The average molecular weight is 335 g/mol. The summed E-state index contributed by atoms with van der Waals surface area (Å²) < 4.78 is 23.6. The number of aryl methyl sites for hydroxylation is 1. The van der Waals surface area contributed by atoms with Gasteiger partial charge in [-0.25, -0.2) is 4.39 Å². The van der Waals surface area contributed by atoms with Gasteiger partial charge < -0.3 is 14.4 Å². The van der Waals surface area contributed by atoms with E-state index in [0.717, 1.165) is 25.9 Å². The number of likely N-dealkylation sites (tertiary alicyclic amines) is 1. The number of rotatable bonds is 6. The highest BCUT2D eigenvalue weighted by Crippen LogP contribution is 2.25. The lowest BCUT2D eigenvalue weighted by atomic mass is 9.98. The molecule has 130 valence electrons. The van der Waals surface area contributed by atoms with Crippen LogP contribution in [0.2, 0.25) is 0 Å². The van der Waals surface area contributed by atoms with E-state index in [4.69, 9.17) is 9.26 Å². The molecule has 1 saturated heterocycles. The quantitative estimate of drug-likeness (QED) is 0.872. The van der Waals surface area contributed by atoms with Crippen molar-refractivity contribution in [2.45, 2.75) is 31.8 Å². The molecular weight excluding hydrogens is 313 g/mol. The number of hydrogen-bond acceptors (Lipinski definition) is 6. The third kappa shape index (κ3) is 4.52. The molecule has 2 heterocycles. The first kappa shape index (κ1) is 16.9. The van der Waals surface area contributed by atoms with E-state index in [1.54, 1.807) is 12.1 Å². The van der Waals surface area contributed by atoms with E-state index in [1.165, 1.54) is 12.1 Å². The Hall–Kier alpha value is -1.99. The molecule has 0 spiro atoms. The summed E-state index contributed by atoms with van der Waals surface area (Å²) in [5.74, 6) is 1.78. The minimum absolute atomic E-state index is 0.173. The Kier molecular flexibility index (Phi) is 5.42. The van der Waals surface area contributed by atoms with Gasteiger partial charge in [-0.2, -0.15) is 4.98 Å². The fraction of sp³-hybridized carbons (Fsp3) is 0.529. The SMILES string of the molecule is Cc1noc([C@H]2CCCN(C[C@H](O)COc3ccc(F)cc3)C2)n1. The molecular formula is C17H22FN3O3. The fourth-order valence-corrected chi connectivity index (χ4v) is 2.98. The molecule has 7 heteroatoms. The Bertz CT molecular complexity index is 647. The Labute approximate surface area is 140 Å². The van der Waals surface area contributed by atoms with Crippen LogP contribution < -0.4 is 4.74 Å². The van der Waals surface area contributed by atoms with Gasteiger partial charge in [0.05, 0.1) is 5.92 Å². The topological polar surface area (TPSA) is 71.6 Å². The summed E-state index contributed by atoms with van der Waals surface area (Å²) >= 11 is 0. The molecule has 0 saturated carbocycles. The molecule has 2 atom stereocenters. The second-order valence-corrected chi connectivity index (χ2v) is 6.20. The number of hydrogen-bond donors (Lipinski definition) is 1.